The summed E-state index contributed by atoms with van der Waals surface area (Å²) in [7, 11) is 4.64. The van der Waals surface area contributed by atoms with Crippen LogP contribution in [0.4, 0.5) is 8.78 Å². The van der Waals surface area contributed by atoms with Crippen LogP contribution in [0.3, 0.4) is 0 Å². The third-order valence-corrected chi connectivity index (χ3v) is 3.26. The largest absolute Gasteiger partial charge is 0.493 e. The number of alkyl halides is 2. The Kier molecular flexibility index (Phi) is 6.01. The summed E-state index contributed by atoms with van der Waals surface area (Å²) in [5.41, 5.74) is 1.68. The molecule has 0 fully saturated rings. The maximum absolute atomic E-state index is 12.1. The van der Waals surface area contributed by atoms with E-state index in [-0.39, 0.29) is 5.75 Å². The molecule has 2 aromatic carbocycles. The first-order valence-corrected chi connectivity index (χ1v) is 7.10. The van der Waals surface area contributed by atoms with E-state index >= 15 is 0 Å². The molecule has 0 saturated heterocycles. The third kappa shape index (κ3) is 4.38. The minimum absolute atomic E-state index is 0.120. The Morgan fingerprint density at radius 2 is 1.33 bits per heavy atom. The summed E-state index contributed by atoms with van der Waals surface area (Å²) in [5, 5.41) is 0. The molecule has 0 aliphatic carbocycles. The molecule has 0 bridgehead atoms. The second kappa shape index (κ2) is 8.19. The molecule has 2 rings (SSSR count). The van der Waals surface area contributed by atoms with Crippen LogP contribution in [0.5, 0.6) is 23.0 Å². The molecule has 4 nitrogen and oxygen atoms in total. The lowest BCUT2D eigenvalue weighted by atomic mass is 10.1. The predicted molar refractivity (Wildman–Crippen MR) is 88.1 cm³/mol. The molecule has 2 aromatic rings. The highest BCUT2D eigenvalue weighted by Crippen LogP contribution is 2.38. The van der Waals surface area contributed by atoms with Crippen LogP contribution in [0.1, 0.15) is 11.1 Å². The van der Waals surface area contributed by atoms with E-state index in [1.165, 1.54) is 12.1 Å². The SMILES string of the molecule is COc1cc(/C=C/c2ccc(OC(F)F)cc2)cc(OC)c1OC. The molecule has 24 heavy (non-hydrogen) atoms. The quantitative estimate of drug-likeness (QED) is 0.699. The topological polar surface area (TPSA) is 36.9 Å². The summed E-state index contributed by atoms with van der Waals surface area (Å²) in [6.07, 6.45) is 3.69. The second-order valence-electron chi connectivity index (χ2n) is 4.74. The van der Waals surface area contributed by atoms with Crippen LogP contribution in [0, 0.1) is 0 Å². The number of hydrogen-bond donors (Lipinski definition) is 0. The number of benzene rings is 2. The molecular formula is C18H18F2O4. The fraction of sp³-hybridized carbons (Fsp3) is 0.222. The van der Waals surface area contributed by atoms with Gasteiger partial charge < -0.3 is 18.9 Å². The second-order valence-corrected chi connectivity index (χ2v) is 4.74. The zero-order valence-corrected chi connectivity index (χ0v) is 13.6. The average molecular weight is 336 g/mol. The highest BCUT2D eigenvalue weighted by Gasteiger charge is 2.12. The van der Waals surface area contributed by atoms with Crippen molar-refractivity contribution < 1.29 is 27.7 Å². The van der Waals surface area contributed by atoms with Crippen LogP contribution in [0.25, 0.3) is 12.2 Å². The lowest BCUT2D eigenvalue weighted by Gasteiger charge is -2.12. The van der Waals surface area contributed by atoms with Gasteiger partial charge in [-0.25, -0.2) is 0 Å². The van der Waals surface area contributed by atoms with Gasteiger partial charge in [0.15, 0.2) is 11.5 Å². The molecule has 0 saturated carbocycles. The van der Waals surface area contributed by atoms with Gasteiger partial charge in [0.25, 0.3) is 0 Å². The smallest absolute Gasteiger partial charge is 0.387 e. The van der Waals surface area contributed by atoms with E-state index in [1.807, 2.05) is 24.3 Å². The van der Waals surface area contributed by atoms with Gasteiger partial charge in [0.05, 0.1) is 21.3 Å². The van der Waals surface area contributed by atoms with Crippen molar-refractivity contribution in [3.05, 3.63) is 47.5 Å². The lowest BCUT2D eigenvalue weighted by Crippen LogP contribution is -2.01. The molecule has 0 amide bonds. The Balaban J connectivity index is 2.22. The highest BCUT2D eigenvalue weighted by atomic mass is 19.3. The molecule has 0 atom stereocenters. The average Bonchev–Trinajstić information content (AvgIpc) is 2.59. The van der Waals surface area contributed by atoms with Crippen molar-refractivity contribution in [3.63, 3.8) is 0 Å². The van der Waals surface area contributed by atoms with Gasteiger partial charge in [-0.3, -0.25) is 0 Å². The first kappa shape index (κ1) is 17.6. The van der Waals surface area contributed by atoms with Crippen molar-refractivity contribution in [2.24, 2.45) is 0 Å². The van der Waals surface area contributed by atoms with E-state index in [9.17, 15) is 8.78 Å². The summed E-state index contributed by atoms with van der Waals surface area (Å²) in [4.78, 5) is 0. The minimum Gasteiger partial charge on any atom is -0.493 e. The van der Waals surface area contributed by atoms with Crippen molar-refractivity contribution >= 4 is 12.2 Å². The summed E-state index contributed by atoms with van der Waals surface area (Å²) in [6, 6.07) is 9.97. The lowest BCUT2D eigenvalue weighted by molar-refractivity contribution is -0.0498. The summed E-state index contributed by atoms with van der Waals surface area (Å²) >= 11 is 0. The molecule has 0 aromatic heterocycles. The van der Waals surface area contributed by atoms with E-state index in [0.29, 0.717) is 17.2 Å². The van der Waals surface area contributed by atoms with Crippen LogP contribution in [0.2, 0.25) is 0 Å². The zero-order chi connectivity index (χ0) is 17.5. The maximum Gasteiger partial charge on any atom is 0.387 e. The van der Waals surface area contributed by atoms with Crippen molar-refractivity contribution in [1.82, 2.24) is 0 Å². The number of methoxy groups -OCH3 is 3. The monoisotopic (exact) mass is 336 g/mol. The van der Waals surface area contributed by atoms with Crippen LogP contribution in [0.15, 0.2) is 36.4 Å². The Bertz CT molecular complexity index is 672. The number of ether oxygens (including phenoxy) is 4. The van der Waals surface area contributed by atoms with Gasteiger partial charge in [-0.15, -0.1) is 0 Å². The van der Waals surface area contributed by atoms with E-state index in [4.69, 9.17) is 14.2 Å². The molecule has 6 heteroatoms. The Morgan fingerprint density at radius 1 is 0.792 bits per heavy atom. The van der Waals surface area contributed by atoms with Crippen LogP contribution >= 0.6 is 0 Å². The zero-order valence-electron chi connectivity index (χ0n) is 13.6. The summed E-state index contributed by atoms with van der Waals surface area (Å²) in [6.45, 7) is -2.83. The Morgan fingerprint density at radius 3 is 1.79 bits per heavy atom. The summed E-state index contributed by atoms with van der Waals surface area (Å²) < 4.78 is 44.4. The van der Waals surface area contributed by atoms with Crippen molar-refractivity contribution in [2.45, 2.75) is 6.61 Å². The number of rotatable bonds is 7. The normalized spacial score (nSPS) is 10.9. The molecule has 0 aliphatic rings. The van der Waals surface area contributed by atoms with Gasteiger partial charge >= 0.3 is 6.61 Å². The fourth-order valence-electron chi connectivity index (χ4n) is 2.15. The van der Waals surface area contributed by atoms with Crippen LogP contribution in [-0.2, 0) is 0 Å². The van der Waals surface area contributed by atoms with E-state index in [0.717, 1.165) is 11.1 Å². The van der Waals surface area contributed by atoms with E-state index in [1.54, 1.807) is 33.5 Å². The molecule has 0 spiro atoms. The van der Waals surface area contributed by atoms with Gasteiger partial charge in [0.1, 0.15) is 5.75 Å². The summed E-state index contributed by atoms with van der Waals surface area (Å²) in [5.74, 6) is 1.75. The molecule has 0 N–H and O–H groups in total. The van der Waals surface area contributed by atoms with Crippen LogP contribution in [-0.4, -0.2) is 27.9 Å². The van der Waals surface area contributed by atoms with Crippen molar-refractivity contribution in [3.8, 4) is 23.0 Å². The Labute approximate surface area is 139 Å². The van der Waals surface area contributed by atoms with Gasteiger partial charge in [0, 0.05) is 0 Å². The van der Waals surface area contributed by atoms with Gasteiger partial charge in [0.2, 0.25) is 5.75 Å². The Hall–Kier alpha value is -2.76. The molecule has 0 radical (unpaired) electrons. The number of halogens is 2. The van der Waals surface area contributed by atoms with E-state index in [2.05, 4.69) is 4.74 Å². The first-order valence-electron chi connectivity index (χ1n) is 7.10. The van der Waals surface area contributed by atoms with Gasteiger partial charge in [-0.05, 0) is 35.4 Å². The molecular weight excluding hydrogens is 318 g/mol. The first-order chi connectivity index (χ1) is 11.6. The minimum atomic E-state index is -2.83. The molecule has 0 heterocycles. The van der Waals surface area contributed by atoms with Crippen molar-refractivity contribution in [2.75, 3.05) is 21.3 Å². The maximum atomic E-state index is 12.1. The molecule has 0 unspecified atom stereocenters. The van der Waals surface area contributed by atoms with Gasteiger partial charge in [-0.1, -0.05) is 24.3 Å². The number of hydrogen-bond acceptors (Lipinski definition) is 4. The fourth-order valence-corrected chi connectivity index (χ4v) is 2.15. The van der Waals surface area contributed by atoms with Gasteiger partial charge in [-0.2, -0.15) is 8.78 Å². The van der Waals surface area contributed by atoms with E-state index < -0.39 is 6.61 Å². The van der Waals surface area contributed by atoms with Crippen molar-refractivity contribution in [1.29, 1.82) is 0 Å². The standard InChI is InChI=1S/C18H18F2O4/c1-21-15-10-13(11-16(22-2)17(15)23-3)5-4-12-6-8-14(9-7-12)24-18(19)20/h4-11,18H,1-3H3/b5-4+. The van der Waals surface area contributed by atoms with Crippen LogP contribution < -0.4 is 18.9 Å². The molecule has 128 valence electrons. The third-order valence-electron chi connectivity index (χ3n) is 3.26. The molecule has 0 aliphatic heterocycles. The highest BCUT2D eigenvalue weighted by molar-refractivity contribution is 5.72. The predicted octanol–water partition coefficient (Wildman–Crippen LogP) is 4.48.